The highest BCUT2D eigenvalue weighted by atomic mass is 19.1. The Hall–Kier alpha value is -8.29. The Labute approximate surface area is 380 Å². The molecular formula is C47H43F4N13O3. The lowest BCUT2D eigenvalue weighted by Gasteiger charge is -2.16. The van der Waals surface area contributed by atoms with Gasteiger partial charge in [-0.3, -0.25) is 14.2 Å². The molecule has 0 spiro atoms. The van der Waals surface area contributed by atoms with E-state index in [9.17, 15) is 27.2 Å². The highest BCUT2D eigenvalue weighted by Gasteiger charge is 2.28. The Bertz CT molecular complexity index is 3280. The summed E-state index contributed by atoms with van der Waals surface area (Å²) in [6.07, 6.45) is 1.49. The minimum Gasteiger partial charge on any atom is -0.468 e. The molecule has 67 heavy (non-hydrogen) atoms. The molecule has 0 unspecified atom stereocenters. The monoisotopic (exact) mass is 913 g/mol. The first kappa shape index (κ1) is 43.9. The van der Waals surface area contributed by atoms with E-state index >= 15 is 0 Å². The summed E-state index contributed by atoms with van der Waals surface area (Å²) in [6.45, 7) is 4.09. The number of halogens is 4. The first-order valence-electron chi connectivity index (χ1n) is 21.1. The number of hydrogen-bond acceptors (Lipinski definition) is 12. The number of nitrogens with zero attached hydrogens (tertiary/aromatic N) is 9. The number of likely N-dealkylation sites (N-methyl/N-ethyl adjacent to an activating group) is 2. The van der Waals surface area contributed by atoms with Crippen LogP contribution in [0, 0.1) is 30.2 Å². The molecule has 10 rings (SSSR count). The fourth-order valence-corrected chi connectivity index (χ4v) is 8.45. The van der Waals surface area contributed by atoms with Crippen molar-refractivity contribution in [3.63, 3.8) is 0 Å². The Balaban J connectivity index is 0.000000168. The molecule has 8 aromatic rings. The van der Waals surface area contributed by atoms with Crippen LogP contribution in [-0.2, 0) is 25.9 Å². The molecule has 0 atom stereocenters. The lowest BCUT2D eigenvalue weighted by molar-refractivity contribution is 0.0993. The van der Waals surface area contributed by atoms with E-state index in [1.165, 1.54) is 48.1 Å². The molecule has 16 nitrogen and oxygen atoms in total. The van der Waals surface area contributed by atoms with Gasteiger partial charge in [-0.25, -0.2) is 22.1 Å². The largest absolute Gasteiger partial charge is 0.468 e. The van der Waals surface area contributed by atoms with Gasteiger partial charge in [-0.2, -0.15) is 24.9 Å². The second-order valence-electron chi connectivity index (χ2n) is 16.1. The van der Waals surface area contributed by atoms with Crippen LogP contribution >= 0.6 is 0 Å². The molecule has 2 aliphatic rings. The molecule has 20 heteroatoms. The van der Waals surface area contributed by atoms with Crippen LogP contribution in [0.1, 0.15) is 48.7 Å². The number of carbonyl (C=O) groups is 2. The molecule has 0 saturated heterocycles. The van der Waals surface area contributed by atoms with Gasteiger partial charge in [-0.15, -0.1) is 0 Å². The van der Waals surface area contributed by atoms with Gasteiger partial charge in [0.05, 0.1) is 29.3 Å². The van der Waals surface area contributed by atoms with Crippen molar-refractivity contribution in [2.45, 2.75) is 32.9 Å². The number of hydrogen-bond donors (Lipinski definition) is 4. The number of nitrogens with one attached hydrogen (secondary N) is 2. The van der Waals surface area contributed by atoms with Crippen LogP contribution in [0.2, 0.25) is 0 Å². The van der Waals surface area contributed by atoms with Crippen molar-refractivity contribution in [1.29, 1.82) is 0 Å². The average Bonchev–Trinajstić information content (AvgIpc) is 4.06. The molecule has 0 radical (unpaired) electrons. The van der Waals surface area contributed by atoms with Crippen molar-refractivity contribution in [3.8, 4) is 17.9 Å². The maximum Gasteiger partial charge on any atom is 0.304 e. The summed E-state index contributed by atoms with van der Waals surface area (Å²) in [4.78, 5) is 51.0. The van der Waals surface area contributed by atoms with E-state index in [2.05, 4.69) is 25.6 Å². The van der Waals surface area contributed by atoms with Crippen LogP contribution in [0.15, 0.2) is 78.9 Å². The van der Waals surface area contributed by atoms with Crippen molar-refractivity contribution in [3.05, 3.63) is 141 Å². The van der Waals surface area contributed by atoms with Gasteiger partial charge in [0, 0.05) is 68.5 Å². The third kappa shape index (κ3) is 8.44. The maximum absolute atomic E-state index is 14.4. The van der Waals surface area contributed by atoms with Gasteiger partial charge in [0.25, 0.3) is 5.91 Å². The summed E-state index contributed by atoms with van der Waals surface area (Å²) in [7, 11) is 5.26. The van der Waals surface area contributed by atoms with Crippen LogP contribution in [-0.4, -0.2) is 80.2 Å². The van der Waals surface area contributed by atoms with Gasteiger partial charge < -0.3 is 36.6 Å². The molecule has 2 aliphatic heterocycles. The standard InChI is InChI=1S/C24H22F2N6O.C23H21F2N7O2/c1-13-8-18-19(21(27)33)10-16(26)11-20(18)32(13)24-29-22(17-6-7-31(2)23(17)30-24)28-12-14-4-3-5-15(25)9-14;1-31-7-6-15-20(27-11-12-4-3-5-13(24)8-12)29-22(30-21(15)31)32-17-10-14(25)9-16(19(26)33)18(17)28-23(32)34-2/h3-5,8-11H,6-7,12H2,1-2H3,(H2,27,33)(H,28,29,30);3-5,8-10H,6-7,11H2,1-2H3,(H2,26,33)(H,27,29,30). The van der Waals surface area contributed by atoms with Gasteiger partial charge in [0.15, 0.2) is 0 Å². The predicted molar refractivity (Wildman–Crippen MR) is 245 cm³/mol. The van der Waals surface area contributed by atoms with Crippen LogP contribution in [0.3, 0.4) is 0 Å². The van der Waals surface area contributed by atoms with Crippen LogP contribution in [0.25, 0.3) is 33.8 Å². The molecule has 6 N–H and O–H groups in total. The fraction of sp³-hybridized carbons (Fsp3) is 0.213. The number of methoxy groups -OCH3 is 1. The lowest BCUT2D eigenvalue weighted by Crippen LogP contribution is -2.16. The van der Waals surface area contributed by atoms with Gasteiger partial charge >= 0.3 is 6.01 Å². The Morgan fingerprint density at radius 2 is 1.15 bits per heavy atom. The average molecular weight is 914 g/mol. The Kier molecular flexibility index (Phi) is 11.5. The summed E-state index contributed by atoms with van der Waals surface area (Å²) < 4.78 is 64.5. The number of imidazole rings is 1. The summed E-state index contributed by atoms with van der Waals surface area (Å²) in [6, 6.07) is 19.2. The fourth-order valence-electron chi connectivity index (χ4n) is 8.45. The van der Waals surface area contributed by atoms with Crippen molar-refractivity contribution in [1.82, 2.24) is 34.1 Å². The first-order valence-corrected chi connectivity index (χ1v) is 21.1. The molecule has 0 bridgehead atoms. The van der Waals surface area contributed by atoms with Crippen molar-refractivity contribution in [2.24, 2.45) is 11.5 Å². The topological polar surface area (TPSA) is 200 Å². The van der Waals surface area contributed by atoms with E-state index in [0.717, 1.165) is 71.8 Å². The number of rotatable bonds is 11. The predicted octanol–water partition coefficient (Wildman–Crippen LogP) is 6.52. The summed E-state index contributed by atoms with van der Waals surface area (Å²) in [5.41, 5.74) is 16.0. The molecule has 342 valence electrons. The molecule has 0 fully saturated rings. The third-order valence-corrected chi connectivity index (χ3v) is 11.6. The van der Waals surface area contributed by atoms with E-state index in [-0.39, 0.29) is 45.8 Å². The van der Waals surface area contributed by atoms with E-state index in [1.54, 1.807) is 22.8 Å². The van der Waals surface area contributed by atoms with Gasteiger partial charge in [-0.05, 0) is 79.4 Å². The number of aromatic nitrogens is 7. The van der Waals surface area contributed by atoms with Crippen molar-refractivity contribution >= 4 is 57.0 Å². The zero-order valence-electron chi connectivity index (χ0n) is 36.7. The van der Waals surface area contributed by atoms with Crippen molar-refractivity contribution < 1.29 is 31.9 Å². The number of nitrogens with two attached hydrogens (primary N) is 2. The highest BCUT2D eigenvalue weighted by molar-refractivity contribution is 6.06. The first-order chi connectivity index (χ1) is 32.2. The number of carbonyl (C=O) groups excluding carboxylic acids is 2. The number of aryl methyl sites for hydroxylation is 1. The maximum atomic E-state index is 14.4. The Morgan fingerprint density at radius 3 is 1.66 bits per heavy atom. The van der Waals surface area contributed by atoms with Gasteiger partial charge in [-0.1, -0.05) is 24.3 Å². The van der Waals surface area contributed by atoms with Crippen LogP contribution in [0.4, 0.5) is 40.8 Å². The number of ether oxygens (including phenoxy) is 1. The summed E-state index contributed by atoms with van der Waals surface area (Å²) in [5.74, 6) is -0.192. The zero-order chi connectivity index (χ0) is 47.3. The quantitative estimate of drug-likeness (QED) is 0.103. The molecule has 6 heterocycles. The number of benzene rings is 4. The van der Waals surface area contributed by atoms with E-state index in [1.807, 2.05) is 43.0 Å². The third-order valence-electron chi connectivity index (χ3n) is 11.6. The molecule has 2 amide bonds. The number of primary amides is 2. The summed E-state index contributed by atoms with van der Waals surface area (Å²) in [5, 5.41) is 7.12. The number of fused-ring (bicyclic) bond motifs is 4. The van der Waals surface area contributed by atoms with E-state index < -0.39 is 23.4 Å². The van der Waals surface area contributed by atoms with Crippen molar-refractivity contribution in [2.75, 3.05) is 54.7 Å². The molecule has 4 aromatic carbocycles. The minimum absolute atomic E-state index is 0.0692. The van der Waals surface area contributed by atoms with Crippen LogP contribution in [0.5, 0.6) is 6.01 Å². The second kappa shape index (κ2) is 17.6. The number of amides is 2. The minimum atomic E-state index is -0.816. The molecule has 4 aromatic heterocycles. The SMILES string of the molecule is COc1nc2c(C(N)=O)cc(F)cc2n1-c1nc(NCc2cccc(F)c2)c2c(n1)N(C)CC2.Cc1cc2c(C(N)=O)cc(F)cc2n1-c1nc(NCc2cccc(F)c2)c2c(n1)N(C)CC2. The number of anilines is 4. The van der Waals surface area contributed by atoms with E-state index in [4.69, 9.17) is 26.2 Å². The second-order valence-corrected chi connectivity index (χ2v) is 16.1. The molecular weight excluding hydrogens is 871 g/mol. The van der Waals surface area contributed by atoms with E-state index in [0.29, 0.717) is 47.4 Å². The lowest BCUT2D eigenvalue weighted by atomic mass is 10.1. The highest BCUT2D eigenvalue weighted by Crippen LogP contribution is 2.36. The van der Waals surface area contributed by atoms with Gasteiger partial charge in [0.1, 0.15) is 52.1 Å². The van der Waals surface area contributed by atoms with Crippen LogP contribution < -0.4 is 36.6 Å². The normalized spacial score (nSPS) is 12.8. The molecule has 0 aliphatic carbocycles. The Morgan fingerprint density at radius 1 is 0.642 bits per heavy atom. The summed E-state index contributed by atoms with van der Waals surface area (Å²) >= 11 is 0. The molecule has 0 saturated carbocycles. The smallest absolute Gasteiger partial charge is 0.304 e. The zero-order valence-corrected chi connectivity index (χ0v) is 36.7. The van der Waals surface area contributed by atoms with Gasteiger partial charge in [0.2, 0.25) is 17.8 Å².